The molecular weight excluding hydrogens is 305 g/mol. The van der Waals surface area contributed by atoms with Crippen molar-refractivity contribution in [3.05, 3.63) is 28.8 Å². The molecule has 0 N–H and O–H groups in total. The van der Waals surface area contributed by atoms with Gasteiger partial charge in [-0.2, -0.15) is 0 Å². The zero-order chi connectivity index (χ0) is 13.0. The van der Waals surface area contributed by atoms with Crippen LogP contribution in [0.1, 0.15) is 17.3 Å². The predicted molar refractivity (Wildman–Crippen MR) is 73.4 cm³/mol. The van der Waals surface area contributed by atoms with E-state index in [-0.39, 0.29) is 10.7 Å². The second-order valence-corrected chi connectivity index (χ2v) is 5.81. The fraction of sp³-hybridized carbons (Fsp3) is 0.417. The minimum Gasteiger partial charge on any atom is -0.496 e. The average molecular weight is 321 g/mol. The number of hydrogen-bond donors (Lipinski definition) is 0. The molecule has 0 aliphatic heterocycles. The van der Waals surface area contributed by atoms with E-state index in [2.05, 4.69) is 15.9 Å². The number of alkyl halides is 1. The fourth-order valence-corrected chi connectivity index (χ4v) is 2.12. The predicted octanol–water partition coefficient (Wildman–Crippen LogP) is 3.20. The molecule has 0 aliphatic carbocycles. The smallest absolute Gasteiger partial charge is 0.257 e. The number of benzene rings is 1. The first kappa shape index (κ1) is 14.3. The summed E-state index contributed by atoms with van der Waals surface area (Å²) in [6, 6.07) is 5.02. The van der Waals surface area contributed by atoms with Gasteiger partial charge in [0.2, 0.25) is 0 Å². The standard InChI is InChI=1S/C12H15BrClNO2/c1-8(13)7-15(2)12(16)10-6-9(14)4-5-11(10)17-3/h4-6,8H,7H2,1-3H3. The number of rotatable bonds is 4. The van der Waals surface area contributed by atoms with Gasteiger partial charge in [-0.15, -0.1) is 0 Å². The summed E-state index contributed by atoms with van der Waals surface area (Å²) in [6.07, 6.45) is 0. The Hall–Kier alpha value is -0.740. The zero-order valence-electron chi connectivity index (χ0n) is 10.0. The first-order chi connectivity index (χ1) is 7.95. The molecule has 1 unspecified atom stereocenters. The quantitative estimate of drug-likeness (QED) is 0.797. The highest BCUT2D eigenvalue weighted by Crippen LogP contribution is 2.24. The molecule has 5 heteroatoms. The third kappa shape index (κ3) is 3.89. The molecule has 1 aromatic carbocycles. The van der Waals surface area contributed by atoms with Crippen molar-refractivity contribution >= 4 is 33.4 Å². The molecule has 0 radical (unpaired) electrons. The topological polar surface area (TPSA) is 29.5 Å². The van der Waals surface area contributed by atoms with Gasteiger partial charge in [0, 0.05) is 23.4 Å². The molecule has 0 aliphatic rings. The highest BCUT2D eigenvalue weighted by atomic mass is 79.9. The number of hydrogen-bond acceptors (Lipinski definition) is 2. The summed E-state index contributed by atoms with van der Waals surface area (Å²) in [5.41, 5.74) is 0.482. The Kier molecular flexibility index (Phi) is 5.28. The first-order valence-corrected chi connectivity index (χ1v) is 6.48. The number of nitrogens with zero attached hydrogens (tertiary/aromatic N) is 1. The minimum absolute atomic E-state index is 0.101. The number of carbonyl (C=O) groups excluding carboxylic acids is 1. The van der Waals surface area contributed by atoms with Gasteiger partial charge < -0.3 is 9.64 Å². The number of ether oxygens (including phenoxy) is 1. The SMILES string of the molecule is COc1ccc(Cl)cc1C(=O)N(C)CC(C)Br. The summed E-state index contributed by atoms with van der Waals surface area (Å²) in [5.74, 6) is 0.434. The normalized spacial score (nSPS) is 12.1. The van der Waals surface area contributed by atoms with Gasteiger partial charge in [0.1, 0.15) is 5.75 Å². The molecule has 0 fully saturated rings. The summed E-state index contributed by atoms with van der Waals surface area (Å²) in [7, 11) is 3.29. The van der Waals surface area contributed by atoms with E-state index in [0.29, 0.717) is 22.9 Å². The molecule has 0 spiro atoms. The fourth-order valence-electron chi connectivity index (χ4n) is 1.51. The van der Waals surface area contributed by atoms with Crippen LogP contribution in [0.25, 0.3) is 0 Å². The van der Waals surface area contributed by atoms with Crippen LogP contribution in [0.4, 0.5) is 0 Å². The number of methoxy groups -OCH3 is 1. The van der Waals surface area contributed by atoms with E-state index < -0.39 is 0 Å². The monoisotopic (exact) mass is 319 g/mol. The summed E-state index contributed by atoms with van der Waals surface area (Å²) >= 11 is 9.31. The van der Waals surface area contributed by atoms with Crippen LogP contribution >= 0.6 is 27.5 Å². The third-order valence-corrected chi connectivity index (χ3v) is 2.79. The molecule has 0 heterocycles. The summed E-state index contributed by atoms with van der Waals surface area (Å²) in [5, 5.41) is 0.523. The van der Waals surface area contributed by atoms with Crippen molar-refractivity contribution < 1.29 is 9.53 Å². The van der Waals surface area contributed by atoms with E-state index in [9.17, 15) is 4.79 Å². The molecule has 0 saturated carbocycles. The Morgan fingerprint density at radius 2 is 2.24 bits per heavy atom. The third-order valence-electron chi connectivity index (χ3n) is 2.26. The van der Waals surface area contributed by atoms with E-state index in [1.807, 2.05) is 6.92 Å². The zero-order valence-corrected chi connectivity index (χ0v) is 12.4. The van der Waals surface area contributed by atoms with Crippen LogP contribution in [-0.4, -0.2) is 36.3 Å². The second-order valence-electron chi connectivity index (χ2n) is 3.81. The van der Waals surface area contributed by atoms with E-state index in [1.54, 1.807) is 30.1 Å². The highest BCUT2D eigenvalue weighted by molar-refractivity contribution is 9.09. The lowest BCUT2D eigenvalue weighted by Crippen LogP contribution is -2.31. The number of carbonyl (C=O) groups is 1. The van der Waals surface area contributed by atoms with Gasteiger partial charge in [-0.1, -0.05) is 34.5 Å². The van der Waals surface area contributed by atoms with Crippen LogP contribution in [0.15, 0.2) is 18.2 Å². The Balaban J connectivity index is 2.98. The van der Waals surface area contributed by atoms with Crippen molar-refractivity contribution in [3.63, 3.8) is 0 Å². The van der Waals surface area contributed by atoms with Gasteiger partial charge in [-0.25, -0.2) is 0 Å². The van der Waals surface area contributed by atoms with Crippen LogP contribution in [0, 0.1) is 0 Å². The molecular formula is C12H15BrClNO2. The van der Waals surface area contributed by atoms with E-state index in [4.69, 9.17) is 16.3 Å². The lowest BCUT2D eigenvalue weighted by atomic mass is 10.1. The van der Waals surface area contributed by atoms with Crippen LogP contribution in [0.3, 0.4) is 0 Å². The van der Waals surface area contributed by atoms with Crippen molar-refractivity contribution in [1.82, 2.24) is 4.90 Å². The van der Waals surface area contributed by atoms with Crippen LogP contribution in [0.5, 0.6) is 5.75 Å². The van der Waals surface area contributed by atoms with Crippen molar-refractivity contribution in [2.75, 3.05) is 20.7 Å². The molecule has 17 heavy (non-hydrogen) atoms. The van der Waals surface area contributed by atoms with Gasteiger partial charge in [0.05, 0.1) is 12.7 Å². The molecule has 94 valence electrons. The maximum Gasteiger partial charge on any atom is 0.257 e. The number of halogens is 2. The molecule has 3 nitrogen and oxygen atoms in total. The molecule has 1 amide bonds. The van der Waals surface area contributed by atoms with Crippen LogP contribution < -0.4 is 4.74 Å². The Morgan fingerprint density at radius 1 is 1.59 bits per heavy atom. The summed E-state index contributed by atoms with van der Waals surface area (Å²) in [4.78, 5) is 14.0. The Bertz CT molecular complexity index is 409. The van der Waals surface area contributed by atoms with E-state index in [1.165, 1.54) is 7.11 Å². The van der Waals surface area contributed by atoms with E-state index >= 15 is 0 Å². The molecule has 1 aromatic rings. The molecule has 0 saturated heterocycles. The van der Waals surface area contributed by atoms with Gasteiger partial charge in [0.25, 0.3) is 5.91 Å². The van der Waals surface area contributed by atoms with Gasteiger partial charge in [-0.05, 0) is 18.2 Å². The van der Waals surface area contributed by atoms with Gasteiger partial charge >= 0.3 is 0 Å². The summed E-state index contributed by atoms with van der Waals surface area (Å²) in [6.45, 7) is 2.60. The van der Waals surface area contributed by atoms with Crippen molar-refractivity contribution in [2.24, 2.45) is 0 Å². The van der Waals surface area contributed by atoms with Gasteiger partial charge in [0.15, 0.2) is 0 Å². The maximum absolute atomic E-state index is 12.2. The van der Waals surface area contributed by atoms with Crippen molar-refractivity contribution in [1.29, 1.82) is 0 Å². The second kappa shape index (κ2) is 6.26. The van der Waals surface area contributed by atoms with Crippen molar-refractivity contribution in [3.8, 4) is 5.75 Å². The lowest BCUT2D eigenvalue weighted by molar-refractivity contribution is 0.0794. The minimum atomic E-state index is -0.101. The molecule has 1 rings (SSSR count). The first-order valence-electron chi connectivity index (χ1n) is 5.18. The van der Waals surface area contributed by atoms with Gasteiger partial charge in [-0.3, -0.25) is 4.79 Å². The molecule has 0 aromatic heterocycles. The van der Waals surface area contributed by atoms with E-state index in [0.717, 1.165) is 0 Å². The number of amides is 1. The Morgan fingerprint density at radius 3 is 2.76 bits per heavy atom. The van der Waals surface area contributed by atoms with Crippen molar-refractivity contribution in [2.45, 2.75) is 11.8 Å². The summed E-state index contributed by atoms with van der Waals surface area (Å²) < 4.78 is 5.16. The van der Waals surface area contributed by atoms with Crippen LogP contribution in [0.2, 0.25) is 5.02 Å². The highest BCUT2D eigenvalue weighted by Gasteiger charge is 2.17. The largest absolute Gasteiger partial charge is 0.496 e. The maximum atomic E-state index is 12.2. The Labute approximate surface area is 115 Å². The lowest BCUT2D eigenvalue weighted by Gasteiger charge is -2.20. The molecule has 0 bridgehead atoms. The molecule has 1 atom stereocenters. The average Bonchev–Trinajstić information content (AvgIpc) is 2.27. The van der Waals surface area contributed by atoms with Crippen LogP contribution in [-0.2, 0) is 0 Å².